The molecule has 1 aromatic heterocycles. The molecule has 0 radical (unpaired) electrons. The Morgan fingerprint density at radius 3 is 2.85 bits per heavy atom. The highest BCUT2D eigenvalue weighted by Crippen LogP contribution is 2.29. The van der Waals surface area contributed by atoms with E-state index in [1.807, 2.05) is 18.2 Å². The maximum Gasteiger partial charge on any atom is 0.147 e. The molecule has 1 N–H and O–H groups in total. The highest BCUT2D eigenvalue weighted by Gasteiger charge is 2.08. The molecule has 0 amide bonds. The Morgan fingerprint density at radius 2 is 2.10 bits per heavy atom. The number of benzene rings is 1. The van der Waals surface area contributed by atoms with Crippen molar-refractivity contribution in [2.75, 3.05) is 13.1 Å². The lowest BCUT2D eigenvalue weighted by molar-refractivity contribution is 0.637. The molecular formula is C14H17BrClN3S. The first kappa shape index (κ1) is 15.9. The molecule has 2 aromatic rings. The van der Waals surface area contributed by atoms with Gasteiger partial charge in [0.2, 0.25) is 0 Å². The van der Waals surface area contributed by atoms with E-state index in [0.29, 0.717) is 5.02 Å². The number of nitrogens with zero attached hydrogens (tertiary/aromatic N) is 2. The van der Waals surface area contributed by atoms with Gasteiger partial charge in [-0.25, -0.2) is 0 Å². The van der Waals surface area contributed by atoms with E-state index in [9.17, 15) is 0 Å². The Kier molecular flexibility index (Phi) is 6.42. The van der Waals surface area contributed by atoms with Gasteiger partial charge in [0.15, 0.2) is 0 Å². The Labute approximate surface area is 136 Å². The average molecular weight is 375 g/mol. The summed E-state index contributed by atoms with van der Waals surface area (Å²) < 4.78 is 0.959. The van der Waals surface area contributed by atoms with Crippen LogP contribution in [-0.4, -0.2) is 23.3 Å². The van der Waals surface area contributed by atoms with Gasteiger partial charge in [0.05, 0.1) is 0 Å². The van der Waals surface area contributed by atoms with Crippen molar-refractivity contribution >= 4 is 38.9 Å². The van der Waals surface area contributed by atoms with E-state index in [1.54, 1.807) is 11.3 Å². The summed E-state index contributed by atoms with van der Waals surface area (Å²) in [5.74, 6) is 0. The molecule has 0 atom stereocenters. The fraction of sp³-hybridized carbons (Fsp3) is 0.429. The average Bonchev–Trinajstić information content (AvgIpc) is 2.86. The smallest absolute Gasteiger partial charge is 0.147 e. The van der Waals surface area contributed by atoms with Crippen LogP contribution in [0.3, 0.4) is 0 Å². The minimum absolute atomic E-state index is 0.704. The van der Waals surface area contributed by atoms with Crippen LogP contribution in [0.5, 0.6) is 0 Å². The Morgan fingerprint density at radius 1 is 1.25 bits per heavy atom. The molecule has 0 aliphatic carbocycles. The first-order valence-electron chi connectivity index (χ1n) is 6.68. The zero-order valence-electron chi connectivity index (χ0n) is 11.3. The predicted octanol–water partition coefficient (Wildman–Crippen LogP) is 4.55. The predicted molar refractivity (Wildman–Crippen MR) is 89.5 cm³/mol. The fourth-order valence-electron chi connectivity index (χ4n) is 1.81. The van der Waals surface area contributed by atoms with Gasteiger partial charge in [0.25, 0.3) is 0 Å². The molecule has 0 spiro atoms. The van der Waals surface area contributed by atoms with E-state index in [2.05, 4.69) is 38.4 Å². The van der Waals surface area contributed by atoms with E-state index in [4.69, 9.17) is 11.6 Å². The third-order valence-corrected chi connectivity index (χ3v) is 4.46. The highest BCUT2D eigenvalue weighted by atomic mass is 79.9. The number of hydrogen-bond donors (Lipinski definition) is 1. The first-order chi connectivity index (χ1) is 9.69. The molecule has 108 valence electrons. The molecule has 0 bridgehead atoms. The Hall–Kier alpha value is -0.490. The monoisotopic (exact) mass is 373 g/mol. The van der Waals surface area contributed by atoms with Crippen molar-refractivity contribution < 1.29 is 0 Å². The molecular weight excluding hydrogens is 358 g/mol. The van der Waals surface area contributed by atoms with Crippen molar-refractivity contribution in [2.24, 2.45) is 0 Å². The molecule has 1 aromatic carbocycles. The third-order valence-electron chi connectivity index (χ3n) is 2.75. The van der Waals surface area contributed by atoms with Gasteiger partial charge in [-0.2, -0.15) is 0 Å². The molecule has 6 heteroatoms. The summed E-state index contributed by atoms with van der Waals surface area (Å²) in [6, 6.07) is 5.80. The van der Waals surface area contributed by atoms with Crippen molar-refractivity contribution in [1.82, 2.24) is 15.5 Å². The number of halogens is 2. The second-order valence-electron chi connectivity index (χ2n) is 4.51. The molecule has 0 aliphatic rings. The maximum absolute atomic E-state index is 6.06. The largest absolute Gasteiger partial charge is 0.317 e. The number of nitrogens with one attached hydrogen (secondary N) is 1. The van der Waals surface area contributed by atoms with Gasteiger partial charge in [-0.1, -0.05) is 45.8 Å². The van der Waals surface area contributed by atoms with Crippen LogP contribution in [-0.2, 0) is 6.42 Å². The second-order valence-corrected chi connectivity index (χ2v) is 6.93. The highest BCUT2D eigenvalue weighted by molar-refractivity contribution is 9.10. The molecule has 0 unspecified atom stereocenters. The summed E-state index contributed by atoms with van der Waals surface area (Å²) in [5.41, 5.74) is 1.01. The Bertz CT molecular complexity index is 539. The summed E-state index contributed by atoms with van der Waals surface area (Å²) in [6.07, 6.45) is 3.23. The zero-order valence-corrected chi connectivity index (χ0v) is 14.5. The maximum atomic E-state index is 6.06. The summed E-state index contributed by atoms with van der Waals surface area (Å²) in [6.45, 7) is 4.29. The van der Waals surface area contributed by atoms with Crippen LogP contribution >= 0.6 is 38.9 Å². The molecule has 0 saturated heterocycles. The molecule has 0 saturated carbocycles. The first-order valence-corrected chi connectivity index (χ1v) is 8.67. The van der Waals surface area contributed by atoms with Crippen molar-refractivity contribution in [1.29, 1.82) is 0 Å². The lowest BCUT2D eigenvalue weighted by Crippen LogP contribution is -2.16. The molecule has 3 nitrogen and oxygen atoms in total. The van der Waals surface area contributed by atoms with Crippen molar-refractivity contribution in [2.45, 2.75) is 26.2 Å². The summed E-state index contributed by atoms with van der Waals surface area (Å²) in [7, 11) is 0. The van der Waals surface area contributed by atoms with Crippen LogP contribution in [0, 0.1) is 0 Å². The zero-order chi connectivity index (χ0) is 14.4. The van der Waals surface area contributed by atoms with Gasteiger partial charge in [-0.15, -0.1) is 10.2 Å². The van der Waals surface area contributed by atoms with Gasteiger partial charge in [-0.3, -0.25) is 0 Å². The standard InChI is InChI=1S/C14H17BrClN3S/c1-2-5-17-6-3-4-13-18-19-14(20-13)10-7-11(15)9-12(16)8-10/h7-9,17H,2-6H2,1H3. The quantitative estimate of drug-likeness (QED) is 0.722. The van der Waals surface area contributed by atoms with Crippen LogP contribution in [0.4, 0.5) is 0 Å². The molecule has 0 fully saturated rings. The summed E-state index contributed by atoms with van der Waals surface area (Å²) in [5, 5.41) is 14.6. The molecule has 20 heavy (non-hydrogen) atoms. The van der Waals surface area contributed by atoms with Gasteiger partial charge >= 0.3 is 0 Å². The van der Waals surface area contributed by atoms with Crippen molar-refractivity contribution in [3.05, 3.63) is 32.7 Å². The number of aromatic nitrogens is 2. The van der Waals surface area contributed by atoms with Crippen LogP contribution in [0.25, 0.3) is 10.6 Å². The van der Waals surface area contributed by atoms with E-state index in [-0.39, 0.29) is 0 Å². The van der Waals surface area contributed by atoms with Gasteiger partial charge in [-0.05, 0) is 44.1 Å². The van der Waals surface area contributed by atoms with Crippen LogP contribution < -0.4 is 5.32 Å². The summed E-state index contributed by atoms with van der Waals surface area (Å²) in [4.78, 5) is 0. The minimum Gasteiger partial charge on any atom is -0.317 e. The van der Waals surface area contributed by atoms with Crippen LogP contribution in [0.15, 0.2) is 22.7 Å². The van der Waals surface area contributed by atoms with Crippen LogP contribution in [0.2, 0.25) is 5.02 Å². The van der Waals surface area contributed by atoms with Gasteiger partial charge < -0.3 is 5.32 Å². The SMILES string of the molecule is CCCNCCCc1nnc(-c2cc(Cl)cc(Br)c2)s1. The van der Waals surface area contributed by atoms with Crippen LogP contribution in [0.1, 0.15) is 24.8 Å². The third kappa shape index (κ3) is 4.81. The molecule has 1 heterocycles. The summed E-state index contributed by atoms with van der Waals surface area (Å²) >= 11 is 11.1. The molecule has 2 rings (SSSR count). The Balaban J connectivity index is 1.94. The number of hydrogen-bond acceptors (Lipinski definition) is 4. The molecule has 0 aliphatic heterocycles. The van der Waals surface area contributed by atoms with E-state index in [0.717, 1.165) is 46.0 Å². The van der Waals surface area contributed by atoms with E-state index in [1.165, 1.54) is 6.42 Å². The lowest BCUT2D eigenvalue weighted by atomic mass is 10.2. The number of aryl methyl sites for hydroxylation is 1. The number of rotatable bonds is 7. The van der Waals surface area contributed by atoms with Gasteiger partial charge in [0.1, 0.15) is 10.0 Å². The topological polar surface area (TPSA) is 37.8 Å². The van der Waals surface area contributed by atoms with E-state index < -0.39 is 0 Å². The normalized spacial score (nSPS) is 10.9. The minimum atomic E-state index is 0.704. The van der Waals surface area contributed by atoms with Crippen molar-refractivity contribution in [3.8, 4) is 10.6 Å². The lowest BCUT2D eigenvalue weighted by Gasteiger charge is -2.00. The van der Waals surface area contributed by atoms with E-state index >= 15 is 0 Å². The van der Waals surface area contributed by atoms with Gasteiger partial charge in [0, 0.05) is 21.5 Å². The fourth-order valence-corrected chi connectivity index (χ4v) is 3.54. The second kappa shape index (κ2) is 8.08. The van der Waals surface area contributed by atoms with Crippen molar-refractivity contribution in [3.63, 3.8) is 0 Å².